The fourth-order valence-corrected chi connectivity index (χ4v) is 0. The van der Waals surface area contributed by atoms with Gasteiger partial charge in [0.05, 0.1) is 7.44 Å². The van der Waals surface area contributed by atoms with Gasteiger partial charge < -0.3 is 0 Å². The predicted molar refractivity (Wildman–Crippen MR) is 42.7 cm³/mol. The van der Waals surface area contributed by atoms with Crippen molar-refractivity contribution in [3.8, 4) is 0 Å². The molecular weight excluding hydrogens is 95.8 g/mol. The summed E-state index contributed by atoms with van der Waals surface area (Å²) in [6.45, 7) is 0. The van der Waals surface area contributed by atoms with Crippen molar-refractivity contribution in [3.63, 3.8) is 0 Å². The van der Waals surface area contributed by atoms with Crippen LogP contribution in [0.4, 0.5) is 0 Å². The third kappa shape index (κ3) is 21.5. The quantitative estimate of drug-likeness (QED) is 0.273. The minimum atomic E-state index is 0. The Morgan fingerprint density at radius 1 is 1.20 bits per heavy atom. The average Bonchev–Trinajstić information content (AvgIpc) is 1.00. The van der Waals surface area contributed by atoms with Crippen LogP contribution in [-0.2, 0) is 0 Å². The van der Waals surface area contributed by atoms with Crippen molar-refractivity contribution in [3.05, 3.63) is 0 Å². The van der Waals surface area contributed by atoms with Crippen molar-refractivity contribution in [2.75, 3.05) is 0 Å². The zero-order chi connectivity index (χ0) is 2.00. The first kappa shape index (κ1) is 26.2. The normalized spacial score (nSPS) is 1.60. The van der Waals surface area contributed by atoms with Crippen molar-refractivity contribution in [1.82, 2.24) is 0 Å². The third-order valence-corrected chi connectivity index (χ3v) is 0. The van der Waals surface area contributed by atoms with Crippen LogP contribution in [-0.4, -0.2) is 83.3 Å². The fraction of sp³-hybridized carbons (Fsp3) is 0. The van der Waals surface area contributed by atoms with Crippen LogP contribution in [0.2, 0.25) is 0 Å². The summed E-state index contributed by atoms with van der Waals surface area (Å²) >= 11 is 0. The average molecular weight is 106 g/mol. The Bertz CT molecular complexity index is 11.6. The van der Waals surface area contributed by atoms with Crippen molar-refractivity contribution < 1.29 is 0 Å². The fourth-order valence-electron chi connectivity index (χ4n) is 0. The molecule has 0 aliphatic carbocycles. The molecule has 0 fully saturated rings. The molecule has 0 aliphatic rings. The van der Waals surface area contributed by atoms with E-state index in [0.29, 0.717) is 0 Å². The van der Waals surface area contributed by atoms with E-state index in [1.54, 1.807) is 0 Å². The van der Waals surface area contributed by atoms with Crippen LogP contribution < -0.4 is 0 Å². The molecule has 0 aliphatic heterocycles. The third-order valence-electron chi connectivity index (χ3n) is 0. The van der Waals surface area contributed by atoms with E-state index in [1.807, 2.05) is 0 Å². The standard InChI is InChI=1S/Al.BH5Si.Li.Na.5H/c;1-2;;;;;;;/h;1H2,2H3;;;;;;;. The maximum absolute atomic E-state index is 2.14. The molecule has 0 aromatic carbocycles. The van der Waals surface area contributed by atoms with E-state index in [0.717, 1.165) is 0 Å². The van der Waals surface area contributed by atoms with E-state index < -0.39 is 0 Å². The first-order valence-electron chi connectivity index (χ1n) is 1.00. The van der Waals surface area contributed by atoms with Gasteiger partial charge in [-0.1, -0.05) is 0 Å². The summed E-state index contributed by atoms with van der Waals surface area (Å²) in [5.41, 5.74) is 0. The first-order chi connectivity index (χ1) is 1.00. The molecule has 0 atom stereocenters. The molecule has 0 heterocycles. The van der Waals surface area contributed by atoms with Crippen molar-refractivity contribution in [2.24, 2.45) is 0 Å². The molecule has 0 aromatic heterocycles. The summed E-state index contributed by atoms with van der Waals surface area (Å²) in [4.78, 5) is 0. The summed E-state index contributed by atoms with van der Waals surface area (Å²) in [5, 5.41) is 0. The zero-order valence-corrected chi connectivity index (χ0v) is 4.00. The van der Waals surface area contributed by atoms with Gasteiger partial charge in [0.25, 0.3) is 0 Å². The van der Waals surface area contributed by atoms with E-state index in [4.69, 9.17) is 0 Å². The Morgan fingerprint density at radius 2 is 1.20 bits per heavy atom. The topological polar surface area (TPSA) is 0 Å². The molecule has 0 amide bonds. The maximum atomic E-state index is 2.14. The van der Waals surface area contributed by atoms with E-state index in [1.165, 1.54) is 10.1 Å². The van der Waals surface area contributed by atoms with Gasteiger partial charge in [-0.05, 0) is 10.1 Å². The minimum absolute atomic E-state index is 0. The van der Waals surface area contributed by atoms with Crippen molar-refractivity contribution in [2.45, 2.75) is 0 Å². The van der Waals surface area contributed by atoms with E-state index >= 15 is 0 Å². The molecule has 0 saturated carbocycles. The first-order valence-corrected chi connectivity index (χ1v) is 3.00. The van der Waals surface area contributed by atoms with Gasteiger partial charge >= 0.3 is 48.4 Å². The Hall–Kier alpha value is 2.41. The van der Waals surface area contributed by atoms with Crippen LogP contribution in [0.25, 0.3) is 0 Å². The molecule has 22 valence electrons. The molecule has 5 heavy (non-hydrogen) atoms. The molecule has 0 nitrogen and oxygen atoms in total. The predicted octanol–water partition coefficient (Wildman–Crippen LogP) is -4.58. The van der Waals surface area contributed by atoms with Crippen LogP contribution in [0.5, 0.6) is 0 Å². The second-order valence-corrected chi connectivity index (χ2v) is 0. The molecule has 0 N–H and O–H groups in total. The summed E-state index contributed by atoms with van der Waals surface area (Å²) in [6, 6.07) is 0. The molecule has 0 bridgehead atoms. The number of hydrogen-bond acceptors (Lipinski definition) is 0. The van der Waals surface area contributed by atoms with Gasteiger partial charge in [-0.25, -0.2) is 0 Å². The van der Waals surface area contributed by atoms with Crippen LogP contribution >= 0.6 is 0 Å². The molecule has 0 unspecified atom stereocenters. The van der Waals surface area contributed by atoms with Gasteiger partial charge in [0.1, 0.15) is 0 Å². The Kier molecular flexibility index (Phi) is 169. The number of hydrogen-bond donors (Lipinski definition) is 0. The summed E-state index contributed by atoms with van der Waals surface area (Å²) in [5.74, 6) is 0. The summed E-state index contributed by atoms with van der Waals surface area (Å²) in [7, 11) is 3.44. The monoisotopic (exact) mass is 106 g/mol. The van der Waals surface area contributed by atoms with Gasteiger partial charge in [-0.3, -0.25) is 0 Å². The van der Waals surface area contributed by atoms with Crippen LogP contribution in [0.1, 0.15) is 0 Å². The van der Waals surface area contributed by atoms with Crippen molar-refractivity contribution in [1.29, 1.82) is 0 Å². The molecule has 0 saturated heterocycles. The van der Waals surface area contributed by atoms with Gasteiger partial charge in [-0.2, -0.15) is 0 Å². The molecule has 0 rings (SSSR count). The van der Waals surface area contributed by atoms with E-state index in [-0.39, 0.29) is 65.8 Å². The van der Waals surface area contributed by atoms with E-state index in [2.05, 4.69) is 7.44 Å². The Balaban J connectivity index is -0.00000000167. The molecule has 0 aromatic rings. The zero-order valence-electron chi connectivity index (χ0n) is 2.00. The van der Waals surface area contributed by atoms with Crippen LogP contribution in [0.15, 0.2) is 0 Å². The van der Waals surface area contributed by atoms with Gasteiger partial charge in [0, 0.05) is 0 Å². The van der Waals surface area contributed by atoms with Crippen LogP contribution in [0, 0.1) is 0 Å². The molecule has 0 radical (unpaired) electrons. The van der Waals surface area contributed by atoms with Crippen LogP contribution in [0.3, 0.4) is 0 Å². The Morgan fingerprint density at radius 3 is 1.20 bits per heavy atom. The molecule has 5 heteroatoms. The molecular formula is H10AlBLiNaSi. The van der Waals surface area contributed by atoms with E-state index in [9.17, 15) is 0 Å². The SMILES string of the molecule is B[SiH3].[AlH3].[LiH].[NaH]. The summed E-state index contributed by atoms with van der Waals surface area (Å²) < 4.78 is 0. The summed E-state index contributed by atoms with van der Waals surface area (Å²) in [6.07, 6.45) is 0. The molecule has 0 spiro atoms. The number of rotatable bonds is 0. The van der Waals surface area contributed by atoms with Gasteiger partial charge in [0.2, 0.25) is 0 Å². The van der Waals surface area contributed by atoms with Gasteiger partial charge in [0.15, 0.2) is 17.4 Å². The Labute approximate surface area is 82.2 Å². The second-order valence-electron chi connectivity index (χ2n) is 0. The van der Waals surface area contributed by atoms with Crippen molar-refractivity contribution >= 4 is 83.3 Å². The van der Waals surface area contributed by atoms with Gasteiger partial charge in [-0.15, -0.1) is 0 Å². The second kappa shape index (κ2) is 32.3.